The van der Waals surface area contributed by atoms with Crippen LogP contribution in [0.25, 0.3) is 0 Å². The van der Waals surface area contributed by atoms with Crippen LogP contribution in [0.15, 0.2) is 4.52 Å². The normalized spacial score (nSPS) is 25.8. The molecule has 0 radical (unpaired) electrons. The molecule has 2 bridgehead atoms. The first kappa shape index (κ1) is 13.6. The highest BCUT2D eigenvalue weighted by Crippen LogP contribution is 2.21. The summed E-state index contributed by atoms with van der Waals surface area (Å²) in [4.78, 5) is 14.4. The average Bonchev–Trinajstić information content (AvgIpc) is 2.90. The standard InChI is InChI=1S/C15H23N3O2/c1-10-14(11(2)20-17-10)5-6-15(19)18-8-7-12-3-4-13(9-18)16-12/h12-13,16H,3-9H2,1-2H3. The summed E-state index contributed by atoms with van der Waals surface area (Å²) >= 11 is 0. The fourth-order valence-electron chi connectivity index (χ4n) is 3.42. The van der Waals surface area contributed by atoms with E-state index in [0.29, 0.717) is 18.5 Å². The summed E-state index contributed by atoms with van der Waals surface area (Å²) in [5.74, 6) is 1.10. The van der Waals surface area contributed by atoms with Gasteiger partial charge in [-0.05, 0) is 39.5 Å². The minimum Gasteiger partial charge on any atom is -0.361 e. The number of fused-ring (bicyclic) bond motifs is 2. The molecule has 2 saturated heterocycles. The summed E-state index contributed by atoms with van der Waals surface area (Å²) < 4.78 is 5.15. The Morgan fingerprint density at radius 3 is 2.90 bits per heavy atom. The number of carbonyl (C=O) groups excluding carboxylic acids is 1. The topological polar surface area (TPSA) is 58.4 Å². The summed E-state index contributed by atoms with van der Waals surface area (Å²) in [5, 5.41) is 7.55. The molecule has 0 aromatic carbocycles. The van der Waals surface area contributed by atoms with Crippen LogP contribution >= 0.6 is 0 Å². The van der Waals surface area contributed by atoms with E-state index in [0.717, 1.165) is 42.9 Å². The lowest BCUT2D eigenvalue weighted by molar-refractivity contribution is -0.131. The van der Waals surface area contributed by atoms with Crippen LogP contribution in [0.5, 0.6) is 0 Å². The minimum absolute atomic E-state index is 0.263. The smallest absolute Gasteiger partial charge is 0.222 e. The maximum Gasteiger partial charge on any atom is 0.222 e. The van der Waals surface area contributed by atoms with Crippen molar-refractivity contribution in [3.63, 3.8) is 0 Å². The van der Waals surface area contributed by atoms with E-state index >= 15 is 0 Å². The van der Waals surface area contributed by atoms with Gasteiger partial charge in [-0.3, -0.25) is 4.79 Å². The van der Waals surface area contributed by atoms with Crippen molar-refractivity contribution in [1.82, 2.24) is 15.4 Å². The van der Waals surface area contributed by atoms with Crippen molar-refractivity contribution in [1.29, 1.82) is 0 Å². The zero-order valence-corrected chi connectivity index (χ0v) is 12.3. The van der Waals surface area contributed by atoms with Gasteiger partial charge in [0.05, 0.1) is 5.69 Å². The molecule has 20 heavy (non-hydrogen) atoms. The molecule has 5 heteroatoms. The number of aromatic nitrogens is 1. The van der Waals surface area contributed by atoms with E-state index in [1.165, 1.54) is 12.8 Å². The van der Waals surface area contributed by atoms with Gasteiger partial charge in [0.1, 0.15) is 5.76 Å². The fourth-order valence-corrected chi connectivity index (χ4v) is 3.42. The first-order valence-electron chi connectivity index (χ1n) is 7.59. The highest BCUT2D eigenvalue weighted by atomic mass is 16.5. The van der Waals surface area contributed by atoms with E-state index in [-0.39, 0.29) is 5.91 Å². The van der Waals surface area contributed by atoms with E-state index in [1.807, 2.05) is 18.7 Å². The molecule has 1 amide bonds. The molecule has 1 aromatic rings. The number of aryl methyl sites for hydroxylation is 2. The van der Waals surface area contributed by atoms with E-state index < -0.39 is 0 Å². The molecule has 2 aliphatic rings. The Morgan fingerprint density at radius 1 is 1.35 bits per heavy atom. The van der Waals surface area contributed by atoms with Crippen molar-refractivity contribution in [2.24, 2.45) is 0 Å². The third kappa shape index (κ3) is 2.73. The predicted octanol–water partition coefficient (Wildman–Crippen LogP) is 1.58. The maximum atomic E-state index is 12.4. The van der Waals surface area contributed by atoms with Crippen LogP contribution in [0.2, 0.25) is 0 Å². The first-order chi connectivity index (χ1) is 9.63. The largest absolute Gasteiger partial charge is 0.361 e. The Hall–Kier alpha value is -1.36. The molecule has 1 N–H and O–H groups in total. The summed E-state index contributed by atoms with van der Waals surface area (Å²) in [6.07, 6.45) is 4.86. The van der Waals surface area contributed by atoms with Gasteiger partial charge >= 0.3 is 0 Å². The zero-order chi connectivity index (χ0) is 14.1. The minimum atomic E-state index is 0.263. The van der Waals surface area contributed by atoms with Crippen molar-refractivity contribution in [2.75, 3.05) is 13.1 Å². The molecule has 2 aliphatic heterocycles. The Bertz CT molecular complexity index is 478. The number of likely N-dealkylation sites (tertiary alicyclic amines) is 1. The second-order valence-corrected chi connectivity index (χ2v) is 6.07. The number of hydrogen-bond donors (Lipinski definition) is 1. The van der Waals surface area contributed by atoms with E-state index in [1.54, 1.807) is 0 Å². The molecule has 110 valence electrons. The highest BCUT2D eigenvalue weighted by molar-refractivity contribution is 5.76. The van der Waals surface area contributed by atoms with Crippen LogP contribution in [0.4, 0.5) is 0 Å². The van der Waals surface area contributed by atoms with Gasteiger partial charge in [0, 0.05) is 37.2 Å². The lowest BCUT2D eigenvalue weighted by Crippen LogP contribution is -2.39. The van der Waals surface area contributed by atoms with E-state index in [9.17, 15) is 4.79 Å². The number of nitrogens with zero attached hydrogens (tertiary/aromatic N) is 2. The van der Waals surface area contributed by atoms with Gasteiger partial charge < -0.3 is 14.7 Å². The highest BCUT2D eigenvalue weighted by Gasteiger charge is 2.30. The van der Waals surface area contributed by atoms with Crippen LogP contribution in [0, 0.1) is 13.8 Å². The Balaban J connectivity index is 1.56. The predicted molar refractivity (Wildman–Crippen MR) is 75.4 cm³/mol. The van der Waals surface area contributed by atoms with Gasteiger partial charge in [-0.15, -0.1) is 0 Å². The SMILES string of the molecule is Cc1noc(C)c1CCC(=O)N1CCC2CCC(C1)N2. The molecule has 3 heterocycles. The molecule has 2 atom stereocenters. The molecule has 0 aliphatic carbocycles. The molecular weight excluding hydrogens is 254 g/mol. The van der Waals surface area contributed by atoms with Crippen molar-refractivity contribution >= 4 is 5.91 Å². The Kier molecular flexibility index (Phi) is 3.78. The van der Waals surface area contributed by atoms with Gasteiger partial charge in [-0.2, -0.15) is 0 Å². The number of rotatable bonds is 3. The second kappa shape index (κ2) is 5.56. The molecule has 2 fully saturated rings. The Morgan fingerprint density at radius 2 is 2.15 bits per heavy atom. The third-order valence-electron chi connectivity index (χ3n) is 4.65. The van der Waals surface area contributed by atoms with Crippen LogP contribution in [0.1, 0.15) is 42.7 Å². The van der Waals surface area contributed by atoms with Gasteiger partial charge in [0.25, 0.3) is 0 Å². The molecule has 5 nitrogen and oxygen atoms in total. The van der Waals surface area contributed by atoms with Crippen LogP contribution < -0.4 is 5.32 Å². The first-order valence-corrected chi connectivity index (χ1v) is 7.59. The maximum absolute atomic E-state index is 12.4. The molecule has 3 rings (SSSR count). The lowest BCUT2D eigenvalue weighted by Gasteiger charge is -2.24. The molecule has 0 saturated carbocycles. The van der Waals surface area contributed by atoms with E-state index in [2.05, 4.69) is 10.5 Å². The molecule has 1 aromatic heterocycles. The number of amides is 1. The molecule has 0 spiro atoms. The Labute approximate surface area is 119 Å². The quantitative estimate of drug-likeness (QED) is 0.911. The van der Waals surface area contributed by atoms with Gasteiger partial charge in [-0.25, -0.2) is 0 Å². The third-order valence-corrected chi connectivity index (χ3v) is 4.65. The van der Waals surface area contributed by atoms with Gasteiger partial charge in [0.2, 0.25) is 5.91 Å². The summed E-state index contributed by atoms with van der Waals surface area (Å²) in [6, 6.07) is 1.13. The van der Waals surface area contributed by atoms with Crippen molar-refractivity contribution in [3.05, 3.63) is 17.0 Å². The van der Waals surface area contributed by atoms with Crippen LogP contribution in [0.3, 0.4) is 0 Å². The number of nitrogens with one attached hydrogen (secondary N) is 1. The van der Waals surface area contributed by atoms with E-state index in [4.69, 9.17) is 4.52 Å². The summed E-state index contributed by atoms with van der Waals surface area (Å²) in [5.41, 5.74) is 2.00. The summed E-state index contributed by atoms with van der Waals surface area (Å²) in [7, 11) is 0. The van der Waals surface area contributed by atoms with Crippen molar-refractivity contribution in [3.8, 4) is 0 Å². The number of hydrogen-bond acceptors (Lipinski definition) is 4. The summed E-state index contributed by atoms with van der Waals surface area (Å²) in [6.45, 7) is 5.62. The molecule has 2 unspecified atom stereocenters. The zero-order valence-electron chi connectivity index (χ0n) is 12.3. The number of carbonyl (C=O) groups is 1. The second-order valence-electron chi connectivity index (χ2n) is 6.07. The van der Waals surface area contributed by atoms with Crippen LogP contribution in [-0.4, -0.2) is 41.1 Å². The van der Waals surface area contributed by atoms with Gasteiger partial charge in [-0.1, -0.05) is 5.16 Å². The van der Waals surface area contributed by atoms with Crippen LogP contribution in [-0.2, 0) is 11.2 Å². The fraction of sp³-hybridized carbons (Fsp3) is 0.733. The van der Waals surface area contributed by atoms with Crippen molar-refractivity contribution in [2.45, 2.75) is 58.0 Å². The average molecular weight is 277 g/mol. The lowest BCUT2D eigenvalue weighted by atomic mass is 10.1. The monoisotopic (exact) mass is 277 g/mol. The van der Waals surface area contributed by atoms with Gasteiger partial charge in [0.15, 0.2) is 0 Å². The molecular formula is C15H23N3O2. The van der Waals surface area contributed by atoms with Crippen molar-refractivity contribution < 1.29 is 9.32 Å².